The van der Waals surface area contributed by atoms with Crippen molar-refractivity contribution in [3.8, 4) is 0 Å². The summed E-state index contributed by atoms with van der Waals surface area (Å²) in [6.07, 6.45) is 0. The summed E-state index contributed by atoms with van der Waals surface area (Å²) >= 11 is 3.69. The van der Waals surface area contributed by atoms with Crippen molar-refractivity contribution in [1.29, 1.82) is 0 Å². The third-order valence-electron chi connectivity index (χ3n) is 1.47. The summed E-state index contributed by atoms with van der Waals surface area (Å²) in [5.74, 6) is -0.115. The molecule has 0 amide bonds. The largest absolute Gasteiger partial charge is 0.205 e. The van der Waals surface area contributed by atoms with Gasteiger partial charge in [0.1, 0.15) is 5.82 Å². The molecule has 0 fully saturated rings. The SMILES string of the molecule is Fc1cccc2cc(I)sc12. The molecule has 0 radical (unpaired) electrons. The first-order valence-electron chi connectivity index (χ1n) is 3.11. The molecular weight excluding hydrogens is 274 g/mol. The second-order valence-corrected chi connectivity index (χ2v) is 5.16. The highest BCUT2D eigenvalue weighted by Gasteiger charge is 2.02. The van der Waals surface area contributed by atoms with Crippen molar-refractivity contribution in [3.63, 3.8) is 0 Å². The Labute approximate surface area is 81.2 Å². The first kappa shape index (κ1) is 7.49. The number of hydrogen-bond acceptors (Lipinski definition) is 1. The molecule has 1 heterocycles. The van der Waals surface area contributed by atoms with Gasteiger partial charge in [-0.3, -0.25) is 0 Å². The molecule has 2 aromatic rings. The summed E-state index contributed by atoms with van der Waals surface area (Å²) in [6.45, 7) is 0. The van der Waals surface area contributed by atoms with Crippen molar-refractivity contribution < 1.29 is 4.39 Å². The van der Waals surface area contributed by atoms with E-state index in [-0.39, 0.29) is 5.82 Å². The van der Waals surface area contributed by atoms with Gasteiger partial charge in [0.2, 0.25) is 0 Å². The Morgan fingerprint density at radius 2 is 2.18 bits per heavy atom. The molecule has 0 spiro atoms. The molecule has 2 rings (SSSR count). The molecule has 0 nitrogen and oxygen atoms in total. The van der Waals surface area contributed by atoms with E-state index in [9.17, 15) is 4.39 Å². The Morgan fingerprint density at radius 1 is 1.36 bits per heavy atom. The molecule has 0 unspecified atom stereocenters. The molecule has 3 heteroatoms. The fourth-order valence-corrected chi connectivity index (χ4v) is 2.78. The van der Waals surface area contributed by atoms with Gasteiger partial charge in [0.05, 0.1) is 7.58 Å². The van der Waals surface area contributed by atoms with Crippen LogP contribution in [0.3, 0.4) is 0 Å². The van der Waals surface area contributed by atoms with Gasteiger partial charge in [-0.2, -0.15) is 0 Å². The van der Waals surface area contributed by atoms with Crippen molar-refractivity contribution in [2.75, 3.05) is 0 Å². The molecule has 1 aromatic heterocycles. The standard InChI is InChI=1S/C8H4FIS/c9-6-3-1-2-5-4-7(10)11-8(5)6/h1-4H. The van der Waals surface area contributed by atoms with Crippen molar-refractivity contribution >= 4 is 44.0 Å². The Hall–Kier alpha value is -0.160. The molecule has 11 heavy (non-hydrogen) atoms. The Bertz CT molecular complexity index is 394. The number of benzene rings is 1. The average Bonchev–Trinajstić information content (AvgIpc) is 2.31. The maximum atomic E-state index is 13.0. The van der Waals surface area contributed by atoms with Gasteiger partial charge in [-0.25, -0.2) is 4.39 Å². The monoisotopic (exact) mass is 278 g/mol. The van der Waals surface area contributed by atoms with Crippen molar-refractivity contribution in [2.45, 2.75) is 0 Å². The zero-order valence-corrected chi connectivity index (χ0v) is 8.45. The Balaban J connectivity index is 2.90. The van der Waals surface area contributed by atoms with Crippen LogP contribution in [0.4, 0.5) is 4.39 Å². The van der Waals surface area contributed by atoms with Crippen LogP contribution in [0.1, 0.15) is 0 Å². The topological polar surface area (TPSA) is 0 Å². The molecule has 0 N–H and O–H groups in total. The van der Waals surface area contributed by atoms with Crippen molar-refractivity contribution in [1.82, 2.24) is 0 Å². The van der Waals surface area contributed by atoms with E-state index >= 15 is 0 Å². The fraction of sp³-hybridized carbons (Fsp3) is 0. The van der Waals surface area contributed by atoms with Crippen LogP contribution in [0, 0.1) is 8.70 Å². The van der Waals surface area contributed by atoms with Gasteiger partial charge >= 0.3 is 0 Å². The quantitative estimate of drug-likeness (QED) is 0.645. The normalized spacial score (nSPS) is 10.7. The second kappa shape index (κ2) is 2.71. The highest BCUT2D eigenvalue weighted by Crippen LogP contribution is 2.28. The van der Waals surface area contributed by atoms with Gasteiger partial charge in [-0.15, -0.1) is 11.3 Å². The van der Waals surface area contributed by atoms with E-state index in [0.29, 0.717) is 0 Å². The zero-order valence-electron chi connectivity index (χ0n) is 5.47. The summed E-state index contributed by atoms with van der Waals surface area (Å²) < 4.78 is 14.9. The first-order chi connectivity index (χ1) is 5.27. The van der Waals surface area contributed by atoms with Crippen LogP contribution in [-0.2, 0) is 0 Å². The Morgan fingerprint density at radius 3 is 2.91 bits per heavy atom. The van der Waals surface area contributed by atoms with Crippen LogP contribution in [0.15, 0.2) is 24.3 Å². The van der Waals surface area contributed by atoms with Gasteiger partial charge in [0.25, 0.3) is 0 Å². The zero-order chi connectivity index (χ0) is 7.84. The minimum Gasteiger partial charge on any atom is -0.205 e. The molecule has 0 atom stereocenters. The predicted molar refractivity (Wildman–Crippen MR) is 54.5 cm³/mol. The maximum absolute atomic E-state index is 13.0. The number of thiophene rings is 1. The smallest absolute Gasteiger partial charge is 0.141 e. The van der Waals surface area contributed by atoms with Crippen LogP contribution in [-0.4, -0.2) is 0 Å². The molecule has 0 saturated carbocycles. The van der Waals surface area contributed by atoms with Crippen molar-refractivity contribution in [2.24, 2.45) is 0 Å². The van der Waals surface area contributed by atoms with Gasteiger partial charge < -0.3 is 0 Å². The average molecular weight is 278 g/mol. The molecule has 1 aromatic carbocycles. The lowest BCUT2D eigenvalue weighted by molar-refractivity contribution is 0.642. The minimum atomic E-state index is -0.115. The van der Waals surface area contributed by atoms with E-state index in [0.717, 1.165) is 13.0 Å². The molecular formula is C8H4FIS. The lowest BCUT2D eigenvalue weighted by Gasteiger charge is -1.87. The molecule has 0 aliphatic carbocycles. The fourth-order valence-electron chi connectivity index (χ4n) is 0.996. The van der Waals surface area contributed by atoms with Crippen LogP contribution >= 0.6 is 33.9 Å². The number of fused-ring (bicyclic) bond motifs is 1. The van der Waals surface area contributed by atoms with Gasteiger partial charge in [-0.05, 0) is 40.1 Å². The molecule has 56 valence electrons. The van der Waals surface area contributed by atoms with Crippen molar-refractivity contribution in [3.05, 3.63) is 33.0 Å². The number of rotatable bonds is 0. The highest BCUT2D eigenvalue weighted by atomic mass is 127. The summed E-state index contributed by atoms with van der Waals surface area (Å²) in [5.41, 5.74) is 0. The van der Waals surface area contributed by atoms with Gasteiger partial charge in [-0.1, -0.05) is 12.1 Å². The summed E-state index contributed by atoms with van der Waals surface area (Å²) in [4.78, 5) is 0. The van der Waals surface area contributed by atoms with Crippen LogP contribution in [0.25, 0.3) is 10.1 Å². The highest BCUT2D eigenvalue weighted by molar-refractivity contribution is 14.1. The first-order valence-corrected chi connectivity index (χ1v) is 5.00. The maximum Gasteiger partial charge on any atom is 0.141 e. The van der Waals surface area contributed by atoms with E-state index in [2.05, 4.69) is 22.6 Å². The van der Waals surface area contributed by atoms with E-state index in [1.807, 2.05) is 12.1 Å². The van der Waals surface area contributed by atoms with E-state index in [1.54, 1.807) is 6.07 Å². The van der Waals surface area contributed by atoms with Gasteiger partial charge in [0, 0.05) is 0 Å². The summed E-state index contributed by atoms with van der Waals surface area (Å²) in [5, 5.41) is 0.999. The summed E-state index contributed by atoms with van der Waals surface area (Å²) in [7, 11) is 0. The van der Waals surface area contributed by atoms with Crippen LogP contribution in [0.5, 0.6) is 0 Å². The minimum absolute atomic E-state index is 0.115. The molecule has 0 aliphatic rings. The predicted octanol–water partition coefficient (Wildman–Crippen LogP) is 3.65. The van der Waals surface area contributed by atoms with Crippen LogP contribution < -0.4 is 0 Å². The molecule has 0 bridgehead atoms. The second-order valence-electron chi connectivity index (χ2n) is 2.21. The van der Waals surface area contributed by atoms with E-state index in [4.69, 9.17) is 0 Å². The third-order valence-corrected chi connectivity index (χ3v) is 3.39. The third kappa shape index (κ3) is 1.27. The molecule has 0 saturated heterocycles. The van der Waals surface area contributed by atoms with Gasteiger partial charge in [0.15, 0.2) is 0 Å². The number of hydrogen-bond donors (Lipinski definition) is 0. The van der Waals surface area contributed by atoms with E-state index in [1.165, 1.54) is 17.4 Å². The summed E-state index contributed by atoms with van der Waals surface area (Å²) in [6, 6.07) is 7.15. The Kier molecular flexibility index (Phi) is 1.85. The lowest BCUT2D eigenvalue weighted by Crippen LogP contribution is -1.69. The number of halogens is 2. The van der Waals surface area contributed by atoms with E-state index < -0.39 is 0 Å². The molecule has 0 aliphatic heterocycles. The lowest BCUT2D eigenvalue weighted by atomic mass is 10.3. The van der Waals surface area contributed by atoms with Crippen LogP contribution in [0.2, 0.25) is 0 Å².